The molecule has 23 heavy (non-hydrogen) atoms. The summed E-state index contributed by atoms with van der Waals surface area (Å²) in [6.45, 7) is 9.86. The molecule has 1 aliphatic rings. The molecule has 2 N–H and O–H groups in total. The Morgan fingerprint density at radius 1 is 1.22 bits per heavy atom. The molecular formula is C19H30N2O2. The first-order valence-electron chi connectivity index (χ1n) is 8.45. The van der Waals surface area contributed by atoms with Gasteiger partial charge in [-0.15, -0.1) is 0 Å². The van der Waals surface area contributed by atoms with E-state index in [-0.39, 0.29) is 16.7 Å². The van der Waals surface area contributed by atoms with Gasteiger partial charge in [0.2, 0.25) is 0 Å². The SMILES string of the molecule is COCC1(CNC(=O)c2ccc(C(C)(C)C)cc2)CCNCC1. The molecule has 0 aromatic heterocycles. The van der Waals surface area contributed by atoms with E-state index in [1.807, 2.05) is 24.3 Å². The van der Waals surface area contributed by atoms with E-state index in [0.29, 0.717) is 13.2 Å². The molecule has 0 saturated carbocycles. The molecule has 2 rings (SSSR count). The minimum atomic E-state index is -0.000491. The zero-order chi connectivity index (χ0) is 16.9. The van der Waals surface area contributed by atoms with E-state index in [0.717, 1.165) is 31.5 Å². The third-order valence-corrected chi connectivity index (χ3v) is 4.75. The van der Waals surface area contributed by atoms with Crippen molar-refractivity contribution in [3.05, 3.63) is 35.4 Å². The van der Waals surface area contributed by atoms with Crippen LogP contribution in [0.5, 0.6) is 0 Å². The highest BCUT2D eigenvalue weighted by molar-refractivity contribution is 5.94. The number of nitrogens with one attached hydrogen (secondary N) is 2. The van der Waals surface area contributed by atoms with Gasteiger partial charge in [0.25, 0.3) is 5.91 Å². The number of rotatable bonds is 5. The Morgan fingerprint density at radius 3 is 2.35 bits per heavy atom. The second-order valence-corrected chi connectivity index (χ2v) is 7.69. The monoisotopic (exact) mass is 318 g/mol. The van der Waals surface area contributed by atoms with E-state index in [9.17, 15) is 4.79 Å². The molecule has 0 atom stereocenters. The van der Waals surface area contributed by atoms with Gasteiger partial charge < -0.3 is 15.4 Å². The van der Waals surface area contributed by atoms with Crippen molar-refractivity contribution in [3.8, 4) is 0 Å². The van der Waals surface area contributed by atoms with Crippen molar-refractivity contribution >= 4 is 5.91 Å². The summed E-state index contributed by atoms with van der Waals surface area (Å²) >= 11 is 0. The molecule has 1 aromatic carbocycles. The summed E-state index contributed by atoms with van der Waals surface area (Å²) in [5, 5.41) is 6.48. The van der Waals surface area contributed by atoms with E-state index in [2.05, 4.69) is 31.4 Å². The molecule has 4 heteroatoms. The van der Waals surface area contributed by atoms with Crippen LogP contribution in [0.2, 0.25) is 0 Å². The number of hydrogen-bond donors (Lipinski definition) is 2. The number of carbonyl (C=O) groups excluding carboxylic acids is 1. The highest BCUT2D eigenvalue weighted by atomic mass is 16.5. The minimum absolute atomic E-state index is 0.000491. The second kappa shape index (κ2) is 7.45. The summed E-state index contributed by atoms with van der Waals surface area (Å²) in [5.41, 5.74) is 2.12. The lowest BCUT2D eigenvalue weighted by atomic mass is 9.79. The minimum Gasteiger partial charge on any atom is -0.384 e. The van der Waals surface area contributed by atoms with Gasteiger partial charge in [-0.25, -0.2) is 0 Å². The lowest BCUT2D eigenvalue weighted by Crippen LogP contribution is -2.47. The third-order valence-electron chi connectivity index (χ3n) is 4.75. The van der Waals surface area contributed by atoms with Crippen molar-refractivity contribution < 1.29 is 9.53 Å². The van der Waals surface area contributed by atoms with Gasteiger partial charge in [-0.1, -0.05) is 32.9 Å². The molecule has 128 valence electrons. The Labute approximate surface area is 140 Å². The number of carbonyl (C=O) groups is 1. The Morgan fingerprint density at radius 2 is 1.83 bits per heavy atom. The van der Waals surface area contributed by atoms with Crippen LogP contribution < -0.4 is 10.6 Å². The van der Waals surface area contributed by atoms with Crippen LogP contribution in [0.1, 0.15) is 49.5 Å². The van der Waals surface area contributed by atoms with Gasteiger partial charge in [-0.05, 0) is 49.0 Å². The van der Waals surface area contributed by atoms with E-state index < -0.39 is 0 Å². The van der Waals surface area contributed by atoms with E-state index in [4.69, 9.17) is 4.74 Å². The number of hydrogen-bond acceptors (Lipinski definition) is 3. The molecule has 1 fully saturated rings. The standard InChI is InChI=1S/C19H30N2O2/c1-18(2,3)16-7-5-15(6-8-16)17(22)21-13-19(14-23-4)9-11-20-12-10-19/h5-8,20H,9-14H2,1-4H3,(H,21,22). The largest absolute Gasteiger partial charge is 0.384 e. The van der Waals surface area contributed by atoms with Gasteiger partial charge >= 0.3 is 0 Å². The van der Waals surface area contributed by atoms with Crippen molar-refractivity contribution in [2.75, 3.05) is 33.4 Å². The number of amides is 1. The lowest BCUT2D eigenvalue weighted by Gasteiger charge is -2.37. The number of ether oxygens (including phenoxy) is 1. The average molecular weight is 318 g/mol. The summed E-state index contributed by atoms with van der Waals surface area (Å²) in [5.74, 6) is -0.000491. The Bertz CT molecular complexity index is 506. The van der Waals surface area contributed by atoms with Gasteiger partial charge in [0.1, 0.15) is 0 Å². The van der Waals surface area contributed by atoms with Gasteiger partial charge in [0.05, 0.1) is 6.61 Å². The molecule has 0 spiro atoms. The highest BCUT2D eigenvalue weighted by Gasteiger charge is 2.32. The molecule has 0 bridgehead atoms. The molecule has 1 aromatic rings. The van der Waals surface area contributed by atoms with Gasteiger partial charge in [0, 0.05) is 24.6 Å². The Balaban J connectivity index is 1.98. The number of methoxy groups -OCH3 is 1. The quantitative estimate of drug-likeness (QED) is 0.878. The summed E-state index contributed by atoms with van der Waals surface area (Å²) in [6, 6.07) is 7.93. The van der Waals surface area contributed by atoms with Crippen molar-refractivity contribution in [2.45, 2.75) is 39.0 Å². The van der Waals surface area contributed by atoms with E-state index >= 15 is 0 Å². The van der Waals surface area contributed by atoms with Crippen LogP contribution in [-0.4, -0.2) is 39.3 Å². The zero-order valence-corrected chi connectivity index (χ0v) is 14.9. The normalized spacial score (nSPS) is 17.7. The van der Waals surface area contributed by atoms with Gasteiger partial charge in [0.15, 0.2) is 0 Å². The van der Waals surface area contributed by atoms with Crippen molar-refractivity contribution in [2.24, 2.45) is 5.41 Å². The predicted octanol–water partition coefficient (Wildman–Crippen LogP) is 2.73. The van der Waals surface area contributed by atoms with Gasteiger partial charge in [-0.2, -0.15) is 0 Å². The maximum atomic E-state index is 12.4. The average Bonchev–Trinajstić information content (AvgIpc) is 2.53. The molecule has 1 amide bonds. The smallest absolute Gasteiger partial charge is 0.251 e. The summed E-state index contributed by atoms with van der Waals surface area (Å²) in [4.78, 5) is 12.4. The predicted molar refractivity (Wildman–Crippen MR) is 93.9 cm³/mol. The topological polar surface area (TPSA) is 50.4 Å². The van der Waals surface area contributed by atoms with Crippen molar-refractivity contribution in [1.82, 2.24) is 10.6 Å². The molecule has 1 aliphatic heterocycles. The first-order valence-corrected chi connectivity index (χ1v) is 8.45. The third kappa shape index (κ3) is 4.79. The van der Waals surface area contributed by atoms with Crippen LogP contribution in [0.15, 0.2) is 24.3 Å². The molecular weight excluding hydrogens is 288 g/mol. The van der Waals surface area contributed by atoms with Crippen molar-refractivity contribution in [1.29, 1.82) is 0 Å². The summed E-state index contributed by atoms with van der Waals surface area (Å²) in [7, 11) is 1.73. The molecule has 0 unspecified atom stereocenters. The first-order chi connectivity index (χ1) is 10.9. The maximum Gasteiger partial charge on any atom is 0.251 e. The Kier molecular flexibility index (Phi) is 5.82. The van der Waals surface area contributed by atoms with E-state index in [1.54, 1.807) is 7.11 Å². The maximum absolute atomic E-state index is 12.4. The van der Waals surface area contributed by atoms with Crippen LogP contribution in [0, 0.1) is 5.41 Å². The van der Waals surface area contributed by atoms with E-state index in [1.165, 1.54) is 5.56 Å². The van der Waals surface area contributed by atoms with Crippen LogP contribution in [0.4, 0.5) is 0 Å². The zero-order valence-electron chi connectivity index (χ0n) is 14.9. The van der Waals surface area contributed by atoms with Crippen LogP contribution >= 0.6 is 0 Å². The second-order valence-electron chi connectivity index (χ2n) is 7.69. The van der Waals surface area contributed by atoms with Crippen molar-refractivity contribution in [3.63, 3.8) is 0 Å². The van der Waals surface area contributed by atoms with Crippen LogP contribution in [0.25, 0.3) is 0 Å². The molecule has 0 radical (unpaired) electrons. The summed E-state index contributed by atoms with van der Waals surface area (Å²) < 4.78 is 5.40. The fourth-order valence-corrected chi connectivity index (χ4v) is 3.13. The molecule has 0 aliphatic carbocycles. The molecule has 1 heterocycles. The lowest BCUT2D eigenvalue weighted by molar-refractivity contribution is 0.0512. The first kappa shape index (κ1) is 18.0. The Hall–Kier alpha value is -1.39. The number of piperidine rings is 1. The molecule has 1 saturated heterocycles. The molecule has 4 nitrogen and oxygen atoms in total. The highest BCUT2D eigenvalue weighted by Crippen LogP contribution is 2.28. The fraction of sp³-hybridized carbons (Fsp3) is 0.632. The van der Waals surface area contributed by atoms with Crippen LogP contribution in [0.3, 0.4) is 0 Å². The fourth-order valence-electron chi connectivity index (χ4n) is 3.13. The van der Waals surface area contributed by atoms with Gasteiger partial charge in [-0.3, -0.25) is 4.79 Å². The number of benzene rings is 1. The van der Waals surface area contributed by atoms with Crippen LogP contribution in [-0.2, 0) is 10.2 Å². The summed E-state index contributed by atoms with van der Waals surface area (Å²) in [6.07, 6.45) is 2.06.